The summed E-state index contributed by atoms with van der Waals surface area (Å²) in [5, 5.41) is 3.32. The predicted molar refractivity (Wildman–Crippen MR) is 144 cm³/mol. The van der Waals surface area contributed by atoms with Gasteiger partial charge in [-0.1, -0.05) is 72.2 Å². The number of halogens is 1. The minimum absolute atomic E-state index is 0.203. The first-order valence-electron chi connectivity index (χ1n) is 12.2. The molecule has 0 aliphatic carbocycles. The lowest BCUT2D eigenvalue weighted by molar-refractivity contribution is -0.149. The molecule has 0 fully saturated rings. The normalized spacial score (nSPS) is 13.5. The fourth-order valence-electron chi connectivity index (χ4n) is 3.76. The lowest BCUT2D eigenvalue weighted by atomic mass is 10.0. The summed E-state index contributed by atoms with van der Waals surface area (Å²) in [7, 11) is -3.52. The van der Waals surface area contributed by atoms with Crippen LogP contribution in [0.3, 0.4) is 0 Å². The van der Waals surface area contributed by atoms with Gasteiger partial charge in [-0.25, -0.2) is 12.7 Å². The van der Waals surface area contributed by atoms with Gasteiger partial charge in [-0.3, -0.25) is 4.79 Å². The van der Waals surface area contributed by atoms with Crippen molar-refractivity contribution < 1.29 is 17.9 Å². The highest BCUT2D eigenvalue weighted by Gasteiger charge is 2.26. The van der Waals surface area contributed by atoms with Crippen LogP contribution in [0.2, 0.25) is 0 Å². The SMILES string of the molecule is CCCN(CCC)S(=O)(=O)CCC(=O)O[C@H](CNCc1ccccc1)[C@@H](N)Cc1cccc(Br)c1. The van der Waals surface area contributed by atoms with E-state index in [-0.39, 0.29) is 12.2 Å². The molecule has 0 heterocycles. The van der Waals surface area contributed by atoms with Crippen molar-refractivity contribution in [2.45, 2.75) is 58.2 Å². The van der Waals surface area contributed by atoms with E-state index >= 15 is 0 Å². The van der Waals surface area contributed by atoms with E-state index in [1.807, 2.05) is 68.4 Å². The Bertz CT molecular complexity index is 999. The van der Waals surface area contributed by atoms with Crippen LogP contribution < -0.4 is 11.1 Å². The van der Waals surface area contributed by atoms with E-state index in [1.165, 1.54) is 4.31 Å². The molecule has 194 valence electrons. The first-order chi connectivity index (χ1) is 16.7. The molecule has 0 aromatic heterocycles. The highest BCUT2D eigenvalue weighted by Crippen LogP contribution is 2.15. The van der Waals surface area contributed by atoms with E-state index < -0.39 is 28.1 Å². The highest BCUT2D eigenvalue weighted by molar-refractivity contribution is 9.10. The molecular weight excluding hydrogens is 530 g/mol. The van der Waals surface area contributed by atoms with E-state index in [4.69, 9.17) is 10.5 Å². The van der Waals surface area contributed by atoms with Crippen LogP contribution in [0, 0.1) is 0 Å². The van der Waals surface area contributed by atoms with Gasteiger partial charge in [-0.05, 0) is 42.5 Å². The van der Waals surface area contributed by atoms with Crippen molar-refractivity contribution in [3.63, 3.8) is 0 Å². The van der Waals surface area contributed by atoms with Gasteiger partial charge < -0.3 is 15.8 Å². The van der Waals surface area contributed by atoms with Crippen molar-refractivity contribution in [3.05, 3.63) is 70.2 Å². The molecule has 2 rings (SSSR count). The molecule has 0 amide bonds. The zero-order valence-corrected chi connectivity index (χ0v) is 23.1. The summed E-state index contributed by atoms with van der Waals surface area (Å²) in [5.74, 6) is -0.825. The van der Waals surface area contributed by atoms with Crippen LogP contribution in [0.4, 0.5) is 0 Å². The largest absolute Gasteiger partial charge is 0.459 e. The van der Waals surface area contributed by atoms with Crippen molar-refractivity contribution >= 4 is 31.9 Å². The van der Waals surface area contributed by atoms with Crippen LogP contribution >= 0.6 is 15.9 Å². The number of hydrogen-bond donors (Lipinski definition) is 2. The molecule has 0 bridgehead atoms. The minimum atomic E-state index is -3.52. The maximum absolute atomic E-state index is 12.7. The number of hydrogen-bond acceptors (Lipinski definition) is 6. The molecule has 9 heteroatoms. The quantitative estimate of drug-likeness (QED) is 0.298. The van der Waals surface area contributed by atoms with E-state index in [1.54, 1.807) is 0 Å². The van der Waals surface area contributed by atoms with Crippen LogP contribution in [-0.4, -0.2) is 56.2 Å². The Hall–Kier alpha value is -1.78. The van der Waals surface area contributed by atoms with E-state index in [0.717, 1.165) is 28.4 Å². The lowest BCUT2D eigenvalue weighted by Crippen LogP contribution is -2.46. The first kappa shape index (κ1) is 29.5. The number of nitrogens with two attached hydrogens (primary N) is 1. The number of carbonyl (C=O) groups excluding carboxylic acids is 1. The molecule has 3 N–H and O–H groups in total. The Morgan fingerprint density at radius 3 is 2.34 bits per heavy atom. The summed E-state index contributed by atoms with van der Waals surface area (Å²) in [6, 6.07) is 17.3. The second-order valence-corrected chi connectivity index (χ2v) is 11.6. The van der Waals surface area contributed by atoms with Crippen molar-refractivity contribution in [3.8, 4) is 0 Å². The summed E-state index contributed by atoms with van der Waals surface area (Å²) in [4.78, 5) is 12.7. The van der Waals surface area contributed by atoms with Gasteiger partial charge in [0.15, 0.2) is 0 Å². The zero-order valence-electron chi connectivity index (χ0n) is 20.7. The average molecular weight is 569 g/mol. The number of nitrogens with one attached hydrogen (secondary N) is 1. The van der Waals surface area contributed by atoms with Gasteiger partial charge in [0.25, 0.3) is 0 Å². The Morgan fingerprint density at radius 2 is 1.71 bits per heavy atom. The van der Waals surface area contributed by atoms with Crippen LogP contribution in [0.25, 0.3) is 0 Å². The minimum Gasteiger partial charge on any atom is -0.459 e. The van der Waals surface area contributed by atoms with Gasteiger partial charge in [-0.2, -0.15) is 0 Å². The third-order valence-electron chi connectivity index (χ3n) is 5.54. The molecular formula is C26H38BrN3O4S. The fourth-order valence-corrected chi connectivity index (χ4v) is 5.81. The van der Waals surface area contributed by atoms with E-state index in [0.29, 0.717) is 32.6 Å². The first-order valence-corrected chi connectivity index (χ1v) is 14.6. The van der Waals surface area contributed by atoms with Crippen molar-refractivity contribution in [2.75, 3.05) is 25.4 Å². The lowest BCUT2D eigenvalue weighted by Gasteiger charge is -2.25. The molecule has 0 spiro atoms. The van der Waals surface area contributed by atoms with Gasteiger partial charge in [0.05, 0.1) is 12.2 Å². The topological polar surface area (TPSA) is 102 Å². The highest BCUT2D eigenvalue weighted by atomic mass is 79.9. The summed E-state index contributed by atoms with van der Waals surface area (Å²) >= 11 is 3.47. The fraction of sp³-hybridized carbons (Fsp3) is 0.500. The van der Waals surface area contributed by atoms with Crippen molar-refractivity contribution in [1.29, 1.82) is 0 Å². The van der Waals surface area contributed by atoms with Crippen LogP contribution in [0.1, 0.15) is 44.2 Å². The Kier molecular flexibility index (Phi) is 12.9. The van der Waals surface area contributed by atoms with E-state index in [9.17, 15) is 13.2 Å². The Balaban J connectivity index is 2.01. The summed E-state index contributed by atoms with van der Waals surface area (Å²) in [6.45, 7) is 5.75. The molecule has 2 aromatic carbocycles. The van der Waals surface area contributed by atoms with Crippen molar-refractivity contribution in [2.24, 2.45) is 5.73 Å². The summed E-state index contributed by atoms with van der Waals surface area (Å²) < 4.78 is 33.6. The molecule has 0 aliphatic heterocycles. The monoisotopic (exact) mass is 567 g/mol. The third-order valence-corrected chi connectivity index (χ3v) is 7.91. The third kappa shape index (κ3) is 10.8. The molecule has 35 heavy (non-hydrogen) atoms. The second kappa shape index (κ2) is 15.4. The number of rotatable bonds is 16. The van der Waals surface area contributed by atoms with Gasteiger partial charge in [0.1, 0.15) is 6.10 Å². The predicted octanol–water partition coefficient (Wildman–Crippen LogP) is 3.86. The van der Waals surface area contributed by atoms with Crippen LogP contribution in [0.15, 0.2) is 59.1 Å². The number of carbonyl (C=O) groups is 1. The number of esters is 1. The maximum atomic E-state index is 12.7. The second-order valence-electron chi connectivity index (χ2n) is 8.61. The van der Waals surface area contributed by atoms with Gasteiger partial charge in [-0.15, -0.1) is 0 Å². The maximum Gasteiger partial charge on any atom is 0.307 e. The Labute approximate surface area is 218 Å². The molecule has 2 aromatic rings. The number of sulfonamides is 1. The van der Waals surface area contributed by atoms with Gasteiger partial charge in [0, 0.05) is 36.7 Å². The Morgan fingerprint density at radius 1 is 1.06 bits per heavy atom. The summed E-state index contributed by atoms with van der Waals surface area (Å²) in [6.07, 6.45) is 1.16. The van der Waals surface area contributed by atoms with Crippen LogP contribution in [0.5, 0.6) is 0 Å². The standard InChI is InChI=1S/C26H38BrN3O4S/c1-3-14-30(15-4-2)35(32,33)16-13-26(31)34-25(20-29-19-21-9-6-5-7-10-21)24(28)18-22-11-8-12-23(27)17-22/h5-12,17,24-25,29H,3-4,13-16,18-20,28H2,1-2H3/t24-,25+/m0/s1. The molecule has 0 aliphatic rings. The number of nitrogens with zero attached hydrogens (tertiary/aromatic N) is 1. The molecule has 0 radical (unpaired) electrons. The molecule has 2 atom stereocenters. The van der Waals surface area contributed by atoms with Crippen molar-refractivity contribution in [1.82, 2.24) is 9.62 Å². The number of benzene rings is 2. The van der Waals surface area contributed by atoms with Gasteiger partial charge in [0.2, 0.25) is 10.0 Å². The number of ether oxygens (including phenoxy) is 1. The van der Waals surface area contributed by atoms with Crippen LogP contribution in [-0.2, 0) is 32.5 Å². The molecule has 0 unspecified atom stereocenters. The zero-order chi connectivity index (χ0) is 25.7. The summed E-state index contributed by atoms with van der Waals surface area (Å²) in [5.41, 5.74) is 8.61. The molecule has 0 saturated carbocycles. The molecule has 0 saturated heterocycles. The van der Waals surface area contributed by atoms with Gasteiger partial charge >= 0.3 is 5.97 Å². The van der Waals surface area contributed by atoms with E-state index in [2.05, 4.69) is 21.2 Å². The smallest absolute Gasteiger partial charge is 0.307 e. The molecule has 7 nitrogen and oxygen atoms in total. The average Bonchev–Trinajstić information content (AvgIpc) is 2.83.